The van der Waals surface area contributed by atoms with Gasteiger partial charge in [-0.15, -0.1) is 0 Å². The second-order valence-corrected chi connectivity index (χ2v) is 10.3. The number of nitro groups is 1. The summed E-state index contributed by atoms with van der Waals surface area (Å²) in [5.74, 6) is 0.305. The zero-order valence-electron chi connectivity index (χ0n) is 22.5. The molecule has 2 atom stereocenters. The van der Waals surface area contributed by atoms with E-state index in [1.807, 2.05) is 78.8 Å². The molecule has 0 bridgehead atoms. The first-order valence-electron chi connectivity index (χ1n) is 12.9. The number of aryl methyl sites for hydroxylation is 1. The van der Waals surface area contributed by atoms with Crippen molar-refractivity contribution >= 4 is 33.9 Å². The summed E-state index contributed by atoms with van der Waals surface area (Å²) in [5, 5.41) is 36.9. The van der Waals surface area contributed by atoms with Gasteiger partial charge in [-0.3, -0.25) is 10.1 Å². The van der Waals surface area contributed by atoms with Gasteiger partial charge in [0.1, 0.15) is 5.69 Å². The monoisotopic (exact) mass is 531 g/mol. The highest BCUT2D eigenvalue weighted by molar-refractivity contribution is 5.97. The predicted molar refractivity (Wildman–Crippen MR) is 152 cm³/mol. The third-order valence-corrected chi connectivity index (χ3v) is 7.27. The minimum Gasteiger partial charge on any atom is -0.390 e. The minimum absolute atomic E-state index is 0.000513. The molecule has 3 N–H and O–H groups in total. The van der Waals surface area contributed by atoms with Crippen LogP contribution < -0.4 is 10.2 Å². The molecule has 0 spiro atoms. The zero-order valence-corrected chi connectivity index (χ0v) is 22.5. The Morgan fingerprint density at radius 3 is 2.64 bits per heavy atom. The molecule has 4 aromatic rings. The second kappa shape index (κ2) is 10.6. The fourth-order valence-corrected chi connectivity index (χ4v) is 5.12. The van der Waals surface area contributed by atoms with Crippen LogP contribution in [0.2, 0.25) is 0 Å². The SMILES string of the molecule is Cc1cc(N(C)CCN(C)C)c([N+](=O)[O-])cc1Nc1nccc(-c2c3n(c4ccccc24)CC(O)C(O)C3)n1. The van der Waals surface area contributed by atoms with E-state index >= 15 is 0 Å². The molecule has 1 aliphatic heterocycles. The number of hydrogen-bond acceptors (Lipinski definition) is 9. The molecule has 11 nitrogen and oxygen atoms in total. The van der Waals surface area contributed by atoms with Gasteiger partial charge in [-0.25, -0.2) is 9.97 Å². The lowest BCUT2D eigenvalue weighted by molar-refractivity contribution is -0.384. The molecule has 0 saturated heterocycles. The number of nitrogens with zero attached hydrogens (tertiary/aromatic N) is 6. The van der Waals surface area contributed by atoms with Crippen molar-refractivity contribution in [1.82, 2.24) is 19.4 Å². The lowest BCUT2D eigenvalue weighted by atomic mass is 9.99. The van der Waals surface area contributed by atoms with E-state index in [0.717, 1.165) is 34.3 Å². The summed E-state index contributed by atoms with van der Waals surface area (Å²) >= 11 is 0. The van der Waals surface area contributed by atoms with Crippen molar-refractivity contribution in [1.29, 1.82) is 0 Å². The van der Waals surface area contributed by atoms with E-state index in [1.54, 1.807) is 6.20 Å². The van der Waals surface area contributed by atoms with Crippen molar-refractivity contribution in [2.45, 2.75) is 32.1 Å². The topological polar surface area (TPSA) is 133 Å². The smallest absolute Gasteiger partial charge is 0.294 e. The Morgan fingerprint density at radius 2 is 1.90 bits per heavy atom. The maximum absolute atomic E-state index is 12.0. The normalized spacial score (nSPS) is 16.9. The van der Waals surface area contributed by atoms with Gasteiger partial charge in [0.25, 0.3) is 5.69 Å². The molecule has 204 valence electrons. The first-order valence-corrected chi connectivity index (χ1v) is 12.9. The molecule has 0 aliphatic carbocycles. The Morgan fingerprint density at radius 1 is 1.13 bits per heavy atom. The number of hydrogen-bond donors (Lipinski definition) is 3. The Kier molecular flexibility index (Phi) is 7.21. The molecule has 39 heavy (non-hydrogen) atoms. The molecule has 0 radical (unpaired) electrons. The van der Waals surface area contributed by atoms with Gasteiger partial charge in [0.2, 0.25) is 5.95 Å². The van der Waals surface area contributed by atoms with E-state index in [1.165, 1.54) is 6.07 Å². The molecule has 11 heteroatoms. The van der Waals surface area contributed by atoms with E-state index in [4.69, 9.17) is 4.98 Å². The number of benzene rings is 2. The number of aliphatic hydroxyl groups is 2. The van der Waals surface area contributed by atoms with Gasteiger partial charge in [-0.1, -0.05) is 18.2 Å². The van der Waals surface area contributed by atoms with Crippen LogP contribution in [-0.4, -0.2) is 81.0 Å². The molecule has 3 heterocycles. The van der Waals surface area contributed by atoms with Crippen LogP contribution in [0.1, 0.15) is 11.3 Å². The van der Waals surface area contributed by atoms with Gasteiger partial charge < -0.3 is 29.9 Å². The molecule has 0 fully saturated rings. The molecular formula is C28H33N7O4. The van der Waals surface area contributed by atoms with E-state index in [0.29, 0.717) is 42.5 Å². The van der Waals surface area contributed by atoms with Gasteiger partial charge in [-0.05, 0) is 44.8 Å². The average Bonchev–Trinajstić information content (AvgIpc) is 3.21. The Balaban J connectivity index is 1.51. The quantitative estimate of drug-likeness (QED) is 0.231. The number of aliphatic hydroxyl groups excluding tert-OH is 2. The number of rotatable bonds is 8. The van der Waals surface area contributed by atoms with Crippen LogP contribution in [0.25, 0.3) is 22.2 Å². The van der Waals surface area contributed by atoms with Gasteiger partial charge >= 0.3 is 0 Å². The molecule has 2 unspecified atom stereocenters. The summed E-state index contributed by atoms with van der Waals surface area (Å²) < 4.78 is 2.04. The number of anilines is 3. The number of likely N-dealkylation sites (N-methyl/N-ethyl adjacent to an activating group) is 2. The molecule has 0 amide bonds. The maximum atomic E-state index is 12.0. The molecule has 5 rings (SSSR count). The fraction of sp³-hybridized carbons (Fsp3) is 0.357. The van der Waals surface area contributed by atoms with E-state index in [9.17, 15) is 20.3 Å². The summed E-state index contributed by atoms with van der Waals surface area (Å²) in [6.45, 7) is 3.60. The Hall–Kier alpha value is -4.06. The highest BCUT2D eigenvalue weighted by atomic mass is 16.6. The fourth-order valence-electron chi connectivity index (χ4n) is 5.12. The highest BCUT2D eigenvalue weighted by Gasteiger charge is 2.30. The lowest BCUT2D eigenvalue weighted by Crippen LogP contribution is -2.37. The minimum atomic E-state index is -0.863. The number of nitro benzene ring substituents is 1. The molecule has 2 aromatic heterocycles. The first kappa shape index (κ1) is 26.5. The van der Waals surface area contributed by atoms with Crippen LogP contribution in [0, 0.1) is 17.0 Å². The summed E-state index contributed by atoms with van der Waals surface area (Å²) in [5.41, 5.74) is 5.32. The third-order valence-electron chi connectivity index (χ3n) is 7.27. The number of nitrogens with one attached hydrogen (secondary N) is 1. The van der Waals surface area contributed by atoms with Crippen molar-refractivity contribution in [3.8, 4) is 11.3 Å². The van der Waals surface area contributed by atoms with Crippen LogP contribution in [-0.2, 0) is 13.0 Å². The number of fused-ring (bicyclic) bond motifs is 3. The van der Waals surface area contributed by atoms with Crippen LogP contribution >= 0.6 is 0 Å². The molecule has 1 aliphatic rings. The summed E-state index contributed by atoms with van der Waals surface area (Å²) in [7, 11) is 5.78. The number of para-hydroxylation sites is 1. The largest absolute Gasteiger partial charge is 0.390 e. The summed E-state index contributed by atoms with van der Waals surface area (Å²) in [6.07, 6.45) is 0.238. The van der Waals surface area contributed by atoms with E-state index in [-0.39, 0.29) is 10.6 Å². The van der Waals surface area contributed by atoms with Crippen LogP contribution in [0.3, 0.4) is 0 Å². The van der Waals surface area contributed by atoms with Crippen LogP contribution in [0.4, 0.5) is 23.0 Å². The van der Waals surface area contributed by atoms with Gasteiger partial charge in [-0.2, -0.15) is 0 Å². The highest BCUT2D eigenvalue weighted by Crippen LogP contribution is 2.38. The third kappa shape index (κ3) is 5.16. The van der Waals surface area contributed by atoms with Gasteiger partial charge in [0.05, 0.1) is 35.1 Å². The van der Waals surface area contributed by atoms with Crippen LogP contribution in [0.15, 0.2) is 48.7 Å². The van der Waals surface area contributed by atoms with Crippen molar-refractivity contribution in [2.75, 3.05) is 44.4 Å². The van der Waals surface area contributed by atoms with E-state index < -0.39 is 12.2 Å². The predicted octanol–water partition coefficient (Wildman–Crippen LogP) is 3.33. The standard InChI is InChI=1S/C28H33N7O4/c1-17-13-22(33(4)12-11-32(2)3)23(35(38)39)14-20(17)31-28-29-10-9-19(30-28)27-18-7-5-6-8-21(18)34-16-26(37)25(36)15-24(27)34/h5-10,13-14,25-26,36-37H,11-12,15-16H2,1-4H3,(H,29,30,31). The van der Waals surface area contributed by atoms with Gasteiger partial charge in [0.15, 0.2) is 0 Å². The summed E-state index contributed by atoms with van der Waals surface area (Å²) in [4.78, 5) is 24.7. The van der Waals surface area contributed by atoms with Gasteiger partial charge in [0, 0.05) is 61.0 Å². The Labute approximate surface area is 226 Å². The Bertz CT molecular complexity index is 1530. The van der Waals surface area contributed by atoms with Crippen LogP contribution in [0.5, 0.6) is 0 Å². The maximum Gasteiger partial charge on any atom is 0.294 e. The van der Waals surface area contributed by atoms with E-state index in [2.05, 4.69) is 10.3 Å². The zero-order chi connectivity index (χ0) is 27.8. The van der Waals surface area contributed by atoms with Crippen molar-refractivity contribution in [3.63, 3.8) is 0 Å². The average molecular weight is 532 g/mol. The van der Waals surface area contributed by atoms with Crippen molar-refractivity contribution in [3.05, 3.63) is 70.0 Å². The van der Waals surface area contributed by atoms with Crippen molar-refractivity contribution < 1.29 is 15.1 Å². The molecule has 2 aromatic carbocycles. The van der Waals surface area contributed by atoms with Crippen molar-refractivity contribution in [2.24, 2.45) is 0 Å². The first-order chi connectivity index (χ1) is 18.6. The molecule has 0 saturated carbocycles. The second-order valence-electron chi connectivity index (χ2n) is 10.3. The summed E-state index contributed by atoms with van der Waals surface area (Å²) in [6, 6.07) is 13.0. The lowest BCUT2D eigenvalue weighted by Gasteiger charge is -2.27. The molecular weight excluding hydrogens is 498 g/mol. The number of aromatic nitrogens is 3.